The quantitative estimate of drug-likeness (QED) is 0.607. The van der Waals surface area contributed by atoms with E-state index in [2.05, 4.69) is 4.98 Å². The molecule has 1 aromatic heterocycles. The second kappa shape index (κ2) is 8.21. The van der Waals surface area contributed by atoms with Crippen LogP contribution in [0, 0.1) is 6.92 Å². The van der Waals surface area contributed by atoms with Gasteiger partial charge in [-0.2, -0.15) is 26.3 Å². The fraction of sp³-hybridized carbons (Fsp3) is 0.250. The third kappa shape index (κ3) is 7.90. The Morgan fingerprint density at radius 3 is 1.72 bits per heavy atom. The highest BCUT2D eigenvalue weighted by atomic mass is 19.4. The number of carboxylic acid groups (broad SMARTS) is 2. The summed E-state index contributed by atoms with van der Waals surface area (Å²) in [5, 5.41) is 14.2. The Morgan fingerprint density at radius 2 is 1.40 bits per heavy atom. The van der Waals surface area contributed by atoms with Crippen LogP contribution in [0.15, 0.2) is 27.4 Å². The molecule has 1 heterocycles. The van der Waals surface area contributed by atoms with Crippen LogP contribution in [0.4, 0.5) is 26.3 Å². The lowest BCUT2D eigenvalue weighted by Gasteiger charge is -1.93. The molecular weight excluding hydrogens is 368 g/mol. The van der Waals surface area contributed by atoms with Crippen LogP contribution < -0.4 is 5.76 Å². The summed E-state index contributed by atoms with van der Waals surface area (Å²) in [5.74, 6) is -5.91. The van der Waals surface area contributed by atoms with Gasteiger partial charge in [0.25, 0.3) is 0 Å². The van der Waals surface area contributed by atoms with Crippen LogP contribution in [-0.4, -0.2) is 39.5 Å². The first-order valence-corrected chi connectivity index (χ1v) is 5.85. The highest BCUT2D eigenvalue weighted by Crippen LogP contribution is 2.14. The van der Waals surface area contributed by atoms with Gasteiger partial charge in [-0.05, 0) is 18.6 Å². The van der Waals surface area contributed by atoms with E-state index in [1.54, 1.807) is 0 Å². The smallest absolute Gasteiger partial charge is 0.475 e. The summed E-state index contributed by atoms with van der Waals surface area (Å²) < 4.78 is 68.4. The number of carbonyl (C=O) groups is 2. The maximum atomic E-state index is 10.7. The van der Waals surface area contributed by atoms with Gasteiger partial charge in [0.15, 0.2) is 5.58 Å². The number of halogens is 6. The zero-order chi connectivity index (χ0) is 20.0. The van der Waals surface area contributed by atoms with Crippen LogP contribution in [-0.2, 0) is 9.59 Å². The molecule has 0 spiro atoms. The second-order valence-electron chi connectivity index (χ2n) is 4.07. The molecule has 1 aromatic carbocycles. The number of benzene rings is 1. The van der Waals surface area contributed by atoms with Crippen molar-refractivity contribution in [1.29, 1.82) is 0 Å². The summed E-state index contributed by atoms with van der Waals surface area (Å²) in [6, 6.07) is 5.59. The molecule has 0 aliphatic carbocycles. The molecular formula is C12H9F6NO6. The number of hydrogen-bond donors (Lipinski definition) is 3. The predicted octanol–water partition coefficient (Wildman–Crippen LogP) is 2.70. The molecule has 0 amide bonds. The maximum Gasteiger partial charge on any atom is 0.490 e. The molecule has 140 valence electrons. The number of aromatic nitrogens is 1. The van der Waals surface area contributed by atoms with Crippen molar-refractivity contribution in [2.75, 3.05) is 0 Å². The van der Waals surface area contributed by atoms with E-state index >= 15 is 0 Å². The van der Waals surface area contributed by atoms with E-state index in [1.165, 1.54) is 0 Å². The topological polar surface area (TPSA) is 121 Å². The van der Waals surface area contributed by atoms with E-state index in [4.69, 9.17) is 24.2 Å². The standard InChI is InChI=1S/C8H7NO2.2C2HF3O2/c1-5-3-2-4-6-7(5)11-8(10)9-6;2*3-2(4,5)1(6)7/h2-4H,1H3,(H,9,10);2*(H,6,7). The van der Waals surface area contributed by atoms with E-state index in [0.29, 0.717) is 5.58 Å². The minimum atomic E-state index is -5.08. The van der Waals surface area contributed by atoms with Crippen LogP contribution in [0.1, 0.15) is 5.56 Å². The normalized spacial score (nSPS) is 11.0. The van der Waals surface area contributed by atoms with Crippen molar-refractivity contribution in [1.82, 2.24) is 4.98 Å². The van der Waals surface area contributed by atoms with Gasteiger partial charge in [0.05, 0.1) is 5.52 Å². The van der Waals surface area contributed by atoms with Crippen molar-refractivity contribution in [3.05, 3.63) is 34.3 Å². The Labute approximate surface area is 133 Å². The third-order valence-corrected chi connectivity index (χ3v) is 2.13. The van der Waals surface area contributed by atoms with Crippen LogP contribution in [0.25, 0.3) is 11.1 Å². The maximum absolute atomic E-state index is 10.7. The summed E-state index contributed by atoms with van der Waals surface area (Å²) in [7, 11) is 0. The molecule has 25 heavy (non-hydrogen) atoms. The summed E-state index contributed by atoms with van der Waals surface area (Å²) >= 11 is 0. The van der Waals surface area contributed by atoms with Gasteiger partial charge in [0, 0.05) is 0 Å². The van der Waals surface area contributed by atoms with Crippen molar-refractivity contribution < 1.29 is 50.6 Å². The van der Waals surface area contributed by atoms with Crippen molar-refractivity contribution >= 4 is 23.0 Å². The van der Waals surface area contributed by atoms with Gasteiger partial charge in [-0.3, -0.25) is 4.98 Å². The number of rotatable bonds is 0. The molecule has 0 saturated heterocycles. The largest absolute Gasteiger partial charge is 0.490 e. The molecule has 0 aliphatic heterocycles. The van der Waals surface area contributed by atoms with E-state index in [9.17, 15) is 31.1 Å². The van der Waals surface area contributed by atoms with E-state index in [0.717, 1.165) is 11.1 Å². The molecule has 0 radical (unpaired) electrons. The van der Waals surface area contributed by atoms with Gasteiger partial charge in [-0.25, -0.2) is 14.4 Å². The van der Waals surface area contributed by atoms with E-state index in [-0.39, 0.29) is 0 Å². The number of carboxylic acids is 2. The van der Waals surface area contributed by atoms with Gasteiger partial charge in [0.2, 0.25) is 0 Å². The first kappa shape index (κ1) is 22.0. The minimum absolute atomic E-state index is 0.394. The molecule has 13 heteroatoms. The molecule has 0 atom stereocenters. The van der Waals surface area contributed by atoms with Gasteiger partial charge in [-0.15, -0.1) is 0 Å². The first-order valence-electron chi connectivity index (χ1n) is 5.85. The summed E-state index contributed by atoms with van der Waals surface area (Å²) in [5.41, 5.74) is 2.38. The van der Waals surface area contributed by atoms with E-state index in [1.807, 2.05) is 25.1 Å². The zero-order valence-corrected chi connectivity index (χ0v) is 12.0. The number of oxazole rings is 1. The lowest BCUT2D eigenvalue weighted by molar-refractivity contribution is -0.193. The average Bonchev–Trinajstić information content (AvgIpc) is 2.80. The number of fused-ring (bicyclic) bond motifs is 1. The zero-order valence-electron chi connectivity index (χ0n) is 12.0. The summed E-state index contributed by atoms with van der Waals surface area (Å²) in [6.45, 7) is 1.90. The highest BCUT2D eigenvalue weighted by molar-refractivity contribution is 5.75. The highest BCUT2D eigenvalue weighted by Gasteiger charge is 2.38. The van der Waals surface area contributed by atoms with Crippen LogP contribution >= 0.6 is 0 Å². The molecule has 2 rings (SSSR count). The van der Waals surface area contributed by atoms with Crippen LogP contribution in [0.3, 0.4) is 0 Å². The number of aliphatic carboxylic acids is 2. The number of aromatic amines is 1. The summed E-state index contributed by atoms with van der Waals surface area (Å²) in [4.78, 5) is 31.1. The molecule has 0 fully saturated rings. The number of para-hydroxylation sites is 1. The number of nitrogens with one attached hydrogen (secondary N) is 1. The van der Waals surface area contributed by atoms with Crippen molar-refractivity contribution in [3.8, 4) is 0 Å². The lowest BCUT2D eigenvalue weighted by atomic mass is 10.2. The van der Waals surface area contributed by atoms with Gasteiger partial charge < -0.3 is 14.6 Å². The number of aryl methyl sites for hydroxylation is 1. The predicted molar refractivity (Wildman–Crippen MR) is 69.0 cm³/mol. The van der Waals surface area contributed by atoms with Gasteiger partial charge in [-0.1, -0.05) is 12.1 Å². The number of hydrogen-bond acceptors (Lipinski definition) is 4. The molecule has 0 bridgehead atoms. The first-order chi connectivity index (χ1) is 11.2. The Kier molecular flexibility index (Phi) is 7.23. The van der Waals surface area contributed by atoms with Crippen LogP contribution in [0.2, 0.25) is 0 Å². The van der Waals surface area contributed by atoms with Crippen molar-refractivity contribution in [2.24, 2.45) is 0 Å². The molecule has 0 saturated carbocycles. The number of alkyl halides is 6. The Hall–Kier alpha value is -2.99. The van der Waals surface area contributed by atoms with E-state index < -0.39 is 30.0 Å². The molecule has 0 aliphatic rings. The van der Waals surface area contributed by atoms with Gasteiger partial charge in [0.1, 0.15) is 0 Å². The second-order valence-corrected chi connectivity index (χ2v) is 4.07. The average molecular weight is 377 g/mol. The fourth-order valence-electron chi connectivity index (χ4n) is 1.11. The van der Waals surface area contributed by atoms with Crippen LogP contribution in [0.5, 0.6) is 0 Å². The molecule has 3 N–H and O–H groups in total. The Morgan fingerprint density at radius 1 is 1.00 bits per heavy atom. The fourth-order valence-corrected chi connectivity index (χ4v) is 1.11. The summed E-state index contributed by atoms with van der Waals surface area (Å²) in [6.07, 6.45) is -10.2. The molecule has 7 nitrogen and oxygen atoms in total. The molecule has 0 unspecified atom stereocenters. The third-order valence-electron chi connectivity index (χ3n) is 2.13. The minimum Gasteiger partial charge on any atom is -0.475 e. The Balaban J connectivity index is 0.000000366. The van der Waals surface area contributed by atoms with Crippen molar-refractivity contribution in [2.45, 2.75) is 19.3 Å². The molecule has 2 aromatic rings. The number of H-pyrrole nitrogens is 1. The van der Waals surface area contributed by atoms with Crippen molar-refractivity contribution in [3.63, 3.8) is 0 Å². The van der Waals surface area contributed by atoms with Gasteiger partial charge >= 0.3 is 30.0 Å². The monoisotopic (exact) mass is 377 g/mol. The Bertz CT molecular complexity index is 764. The SMILES string of the molecule is Cc1cccc2[nH]c(=O)oc12.O=C(O)C(F)(F)F.O=C(O)C(F)(F)F. The lowest BCUT2D eigenvalue weighted by Crippen LogP contribution is -2.21.